The minimum absolute atomic E-state index is 0. The van der Waals surface area contributed by atoms with Crippen molar-refractivity contribution in [1.29, 1.82) is 0 Å². The van der Waals surface area contributed by atoms with E-state index >= 15 is 0 Å². The summed E-state index contributed by atoms with van der Waals surface area (Å²) in [6.07, 6.45) is 1.52. The zero-order valence-electron chi connectivity index (χ0n) is 17.0. The van der Waals surface area contributed by atoms with Crippen molar-refractivity contribution < 1.29 is 17.9 Å². The molecule has 29 heavy (non-hydrogen) atoms. The van der Waals surface area contributed by atoms with Crippen LogP contribution in [0.3, 0.4) is 0 Å². The maximum Gasteiger partial charge on any atom is 0.242 e. The highest BCUT2D eigenvalue weighted by molar-refractivity contribution is 14.0. The molecule has 0 bridgehead atoms. The largest absolute Gasteiger partial charge is 0.466 e. The van der Waals surface area contributed by atoms with Gasteiger partial charge in [0.1, 0.15) is 11.4 Å². The van der Waals surface area contributed by atoms with E-state index in [0.717, 1.165) is 5.56 Å². The van der Waals surface area contributed by atoms with Gasteiger partial charge in [0, 0.05) is 20.6 Å². The van der Waals surface area contributed by atoms with Gasteiger partial charge in [-0.15, -0.1) is 24.0 Å². The van der Waals surface area contributed by atoms with Crippen molar-refractivity contribution in [1.82, 2.24) is 14.9 Å². The third kappa shape index (κ3) is 6.98. The monoisotopic (exact) mass is 536 g/mol. The molecule has 3 N–H and O–H groups in total. The van der Waals surface area contributed by atoms with Crippen molar-refractivity contribution in [2.24, 2.45) is 4.99 Å². The molecule has 0 aliphatic rings. The van der Waals surface area contributed by atoms with E-state index < -0.39 is 15.6 Å². The summed E-state index contributed by atoms with van der Waals surface area (Å²) in [5.74, 6) is 1.01. The number of hydrogen-bond acceptors (Lipinski definition) is 5. The van der Waals surface area contributed by atoms with E-state index in [0.29, 0.717) is 24.8 Å². The quantitative estimate of drug-likeness (QED) is 0.271. The van der Waals surface area contributed by atoms with Crippen LogP contribution in [0.15, 0.2) is 57.0 Å². The number of aliphatic imine (C=N–C) groups is 1. The summed E-state index contributed by atoms with van der Waals surface area (Å²) < 4.78 is 30.7. The molecule has 0 saturated carbocycles. The zero-order valence-corrected chi connectivity index (χ0v) is 20.2. The van der Waals surface area contributed by atoms with Crippen molar-refractivity contribution in [2.75, 3.05) is 27.2 Å². The number of nitrogens with zero attached hydrogens (tertiary/aromatic N) is 2. The van der Waals surface area contributed by atoms with E-state index in [1.165, 1.54) is 24.7 Å². The van der Waals surface area contributed by atoms with Crippen molar-refractivity contribution in [3.63, 3.8) is 0 Å². The summed E-state index contributed by atoms with van der Waals surface area (Å²) in [7, 11) is -0.445. The molecule has 0 saturated heterocycles. The summed E-state index contributed by atoms with van der Waals surface area (Å²) in [5.41, 5.74) is -0.310. The van der Waals surface area contributed by atoms with Crippen molar-refractivity contribution in [3.05, 3.63) is 54.0 Å². The predicted octanol–water partition coefficient (Wildman–Crippen LogP) is 2.11. The first-order valence-electron chi connectivity index (χ1n) is 8.97. The molecule has 1 atom stereocenters. The van der Waals surface area contributed by atoms with Gasteiger partial charge in [-0.2, -0.15) is 0 Å². The fourth-order valence-electron chi connectivity index (χ4n) is 2.42. The van der Waals surface area contributed by atoms with Crippen LogP contribution in [-0.4, -0.2) is 51.0 Å². The fraction of sp³-hybridized carbons (Fsp3) is 0.421. The molecule has 0 fully saturated rings. The van der Waals surface area contributed by atoms with Crippen LogP contribution in [0.25, 0.3) is 0 Å². The standard InChI is InChI=1S/C19H28N4O4S.HI/c1-5-20-18(22-14-19(2,24)17-7-6-12-27-17)21-13-15-8-10-16(11-9-15)28(25,26)23(3)4;/h6-12,24H,5,13-14H2,1-4H3,(H2,20,21,22);1H. The molecule has 0 aliphatic heterocycles. The maximum absolute atomic E-state index is 12.1. The number of rotatable bonds is 8. The Bertz CT molecular complexity index is 879. The van der Waals surface area contributed by atoms with Gasteiger partial charge in [-0.1, -0.05) is 12.1 Å². The van der Waals surface area contributed by atoms with Gasteiger partial charge in [-0.3, -0.25) is 0 Å². The van der Waals surface area contributed by atoms with Gasteiger partial charge in [0.2, 0.25) is 10.0 Å². The first-order chi connectivity index (χ1) is 13.2. The second-order valence-electron chi connectivity index (χ2n) is 6.73. The Hall–Kier alpha value is -1.63. The molecule has 1 aromatic heterocycles. The highest BCUT2D eigenvalue weighted by Gasteiger charge is 2.26. The zero-order chi connectivity index (χ0) is 20.8. The molecule has 1 aromatic carbocycles. The first kappa shape index (κ1) is 25.4. The van der Waals surface area contributed by atoms with Crippen molar-refractivity contribution >= 4 is 40.0 Å². The van der Waals surface area contributed by atoms with Crippen LogP contribution in [-0.2, 0) is 22.2 Å². The Kier molecular flexibility index (Phi) is 9.59. The van der Waals surface area contributed by atoms with Crippen molar-refractivity contribution in [2.45, 2.75) is 30.9 Å². The lowest BCUT2D eigenvalue weighted by atomic mass is 10.0. The molecule has 2 aromatic rings. The van der Waals surface area contributed by atoms with E-state index in [9.17, 15) is 13.5 Å². The number of halogens is 1. The van der Waals surface area contributed by atoms with Gasteiger partial charge in [0.25, 0.3) is 0 Å². The molecule has 8 nitrogen and oxygen atoms in total. The molecular weight excluding hydrogens is 507 g/mol. The minimum Gasteiger partial charge on any atom is -0.466 e. The van der Waals surface area contributed by atoms with Gasteiger partial charge in [-0.25, -0.2) is 17.7 Å². The topological polar surface area (TPSA) is 107 Å². The second kappa shape index (κ2) is 11.0. The molecule has 0 amide bonds. The lowest BCUT2D eigenvalue weighted by Gasteiger charge is -2.22. The molecule has 1 heterocycles. The summed E-state index contributed by atoms with van der Waals surface area (Å²) in [6.45, 7) is 4.84. The highest BCUT2D eigenvalue weighted by atomic mass is 127. The molecule has 2 rings (SSSR count). The summed E-state index contributed by atoms with van der Waals surface area (Å²) in [5, 5.41) is 16.7. The minimum atomic E-state index is -3.44. The van der Waals surface area contributed by atoms with E-state index in [-0.39, 0.29) is 35.4 Å². The molecular formula is C19H29IN4O4S. The number of sulfonamides is 1. The molecule has 162 valence electrons. The Labute approximate surface area is 189 Å². The van der Waals surface area contributed by atoms with Gasteiger partial charge in [0.05, 0.1) is 24.2 Å². The molecule has 10 heteroatoms. The van der Waals surface area contributed by atoms with Gasteiger partial charge >= 0.3 is 0 Å². The van der Waals surface area contributed by atoms with Crippen LogP contribution in [0.5, 0.6) is 0 Å². The van der Waals surface area contributed by atoms with Crippen LogP contribution in [0, 0.1) is 0 Å². The van der Waals surface area contributed by atoms with Crippen LogP contribution in [0.2, 0.25) is 0 Å². The van der Waals surface area contributed by atoms with E-state index in [1.807, 2.05) is 6.92 Å². The van der Waals surface area contributed by atoms with Crippen LogP contribution in [0.1, 0.15) is 25.2 Å². The number of aliphatic hydroxyl groups is 1. The number of hydrogen-bond donors (Lipinski definition) is 3. The maximum atomic E-state index is 12.1. The van der Waals surface area contributed by atoms with Crippen LogP contribution >= 0.6 is 24.0 Å². The average molecular weight is 536 g/mol. The Morgan fingerprint density at radius 3 is 2.38 bits per heavy atom. The lowest BCUT2D eigenvalue weighted by Crippen LogP contribution is -2.44. The Morgan fingerprint density at radius 1 is 1.21 bits per heavy atom. The Balaban J connectivity index is 0.00000420. The summed E-state index contributed by atoms with van der Waals surface area (Å²) in [6, 6.07) is 10.1. The third-order valence-corrected chi connectivity index (χ3v) is 5.95. The molecule has 0 spiro atoms. The normalized spacial score (nSPS) is 14.2. The van der Waals surface area contributed by atoms with E-state index in [4.69, 9.17) is 4.42 Å². The summed E-state index contributed by atoms with van der Waals surface area (Å²) in [4.78, 5) is 4.73. The smallest absolute Gasteiger partial charge is 0.242 e. The predicted molar refractivity (Wildman–Crippen MR) is 124 cm³/mol. The van der Waals surface area contributed by atoms with E-state index in [2.05, 4.69) is 15.6 Å². The SMILES string of the molecule is CCNC(=NCc1ccc(S(=O)(=O)N(C)C)cc1)NCC(C)(O)c1ccco1.I. The fourth-order valence-corrected chi connectivity index (χ4v) is 3.32. The number of nitrogens with one attached hydrogen (secondary N) is 2. The second-order valence-corrected chi connectivity index (χ2v) is 8.88. The summed E-state index contributed by atoms with van der Waals surface area (Å²) >= 11 is 0. The number of furan rings is 1. The third-order valence-electron chi connectivity index (χ3n) is 4.12. The van der Waals surface area contributed by atoms with Gasteiger partial charge in [-0.05, 0) is 43.7 Å². The van der Waals surface area contributed by atoms with Gasteiger partial charge in [0.15, 0.2) is 5.96 Å². The number of guanidine groups is 1. The van der Waals surface area contributed by atoms with Gasteiger partial charge < -0.3 is 20.2 Å². The average Bonchev–Trinajstić information content (AvgIpc) is 3.20. The highest BCUT2D eigenvalue weighted by Crippen LogP contribution is 2.19. The van der Waals surface area contributed by atoms with Crippen LogP contribution < -0.4 is 10.6 Å². The number of benzene rings is 1. The molecule has 0 aliphatic carbocycles. The molecule has 1 unspecified atom stereocenters. The van der Waals surface area contributed by atoms with E-state index in [1.54, 1.807) is 43.3 Å². The first-order valence-corrected chi connectivity index (χ1v) is 10.4. The lowest BCUT2D eigenvalue weighted by molar-refractivity contribution is 0.0386. The Morgan fingerprint density at radius 2 is 1.86 bits per heavy atom. The van der Waals surface area contributed by atoms with Crippen LogP contribution in [0.4, 0.5) is 0 Å². The van der Waals surface area contributed by atoms with Crippen molar-refractivity contribution in [3.8, 4) is 0 Å². The molecule has 0 radical (unpaired) electrons.